The predicted molar refractivity (Wildman–Crippen MR) is 64.6 cm³/mol. The van der Waals surface area contributed by atoms with Crippen LogP contribution >= 0.6 is 12.4 Å². The Balaban J connectivity index is 0.00000112. The van der Waals surface area contributed by atoms with E-state index >= 15 is 0 Å². The normalized spacial score (nSPS) is 16.7. The number of ether oxygens (including phenoxy) is 1. The van der Waals surface area contributed by atoms with E-state index in [-0.39, 0.29) is 18.4 Å². The van der Waals surface area contributed by atoms with E-state index in [2.05, 4.69) is 19.1 Å². The summed E-state index contributed by atoms with van der Waals surface area (Å²) in [6.45, 7) is 2.10. The molecule has 1 aromatic carbocycles. The molecule has 0 spiro atoms. The molecule has 1 aliphatic rings. The number of nitrogens with two attached hydrogens (primary N) is 1. The number of hydrogen-bond donors (Lipinski definition) is 1. The second-order valence-electron chi connectivity index (χ2n) is 4.09. The van der Waals surface area contributed by atoms with E-state index < -0.39 is 0 Å². The van der Waals surface area contributed by atoms with Gasteiger partial charge in [0.1, 0.15) is 5.75 Å². The van der Waals surface area contributed by atoms with Crippen molar-refractivity contribution in [1.29, 1.82) is 0 Å². The fraction of sp³-hybridized carbons (Fsp3) is 0.500. The van der Waals surface area contributed by atoms with E-state index in [9.17, 15) is 0 Å². The summed E-state index contributed by atoms with van der Waals surface area (Å²) in [5.74, 6) is 1.62. The molecule has 0 amide bonds. The van der Waals surface area contributed by atoms with Crippen molar-refractivity contribution >= 4 is 12.4 Å². The summed E-state index contributed by atoms with van der Waals surface area (Å²) >= 11 is 0. The molecule has 3 heteroatoms. The van der Waals surface area contributed by atoms with Crippen molar-refractivity contribution in [2.75, 3.05) is 7.11 Å². The van der Waals surface area contributed by atoms with E-state index in [1.165, 1.54) is 24.0 Å². The van der Waals surface area contributed by atoms with Crippen molar-refractivity contribution < 1.29 is 4.74 Å². The molecule has 84 valence electrons. The fourth-order valence-corrected chi connectivity index (χ4v) is 1.86. The summed E-state index contributed by atoms with van der Waals surface area (Å²) in [6, 6.07) is 6.36. The van der Waals surface area contributed by atoms with Crippen molar-refractivity contribution in [3.63, 3.8) is 0 Å². The van der Waals surface area contributed by atoms with Crippen LogP contribution in [0.3, 0.4) is 0 Å². The molecule has 1 atom stereocenters. The van der Waals surface area contributed by atoms with Crippen molar-refractivity contribution in [2.45, 2.75) is 25.8 Å². The Labute approximate surface area is 97.2 Å². The first-order valence-corrected chi connectivity index (χ1v) is 5.12. The number of methoxy groups -OCH3 is 1. The molecule has 0 unspecified atom stereocenters. The SMILES string of the molecule is COc1ccc([C@@H](N)C2CC2)c(C)c1.Cl. The maximum absolute atomic E-state index is 6.15. The molecule has 15 heavy (non-hydrogen) atoms. The van der Waals surface area contributed by atoms with Crippen molar-refractivity contribution in [1.82, 2.24) is 0 Å². The first-order chi connectivity index (χ1) is 6.72. The maximum atomic E-state index is 6.15. The molecule has 0 heterocycles. The Kier molecular flexibility index (Phi) is 4.00. The summed E-state index contributed by atoms with van der Waals surface area (Å²) in [5.41, 5.74) is 8.66. The van der Waals surface area contributed by atoms with Crippen LogP contribution in [-0.2, 0) is 0 Å². The molecule has 0 bridgehead atoms. The second-order valence-corrected chi connectivity index (χ2v) is 4.09. The molecular formula is C12H18ClNO. The van der Waals surface area contributed by atoms with Crippen molar-refractivity contribution in [3.05, 3.63) is 29.3 Å². The molecule has 0 saturated heterocycles. The van der Waals surface area contributed by atoms with Crippen LogP contribution in [0.5, 0.6) is 5.75 Å². The number of halogens is 1. The van der Waals surface area contributed by atoms with Crippen LogP contribution in [0, 0.1) is 12.8 Å². The predicted octanol–water partition coefficient (Wildman–Crippen LogP) is 2.84. The highest BCUT2D eigenvalue weighted by Gasteiger charge is 2.30. The third kappa shape index (κ3) is 2.64. The van der Waals surface area contributed by atoms with E-state index in [1.807, 2.05) is 6.07 Å². The van der Waals surface area contributed by atoms with Gasteiger partial charge in [0.15, 0.2) is 0 Å². The minimum Gasteiger partial charge on any atom is -0.497 e. The average Bonchev–Trinajstić information content (AvgIpc) is 3.00. The Morgan fingerprint density at radius 2 is 2.07 bits per heavy atom. The average molecular weight is 228 g/mol. The van der Waals surface area contributed by atoms with E-state index in [0.29, 0.717) is 5.92 Å². The van der Waals surface area contributed by atoms with Crippen molar-refractivity contribution in [3.8, 4) is 5.75 Å². The lowest BCUT2D eigenvalue weighted by Gasteiger charge is -2.14. The highest BCUT2D eigenvalue weighted by molar-refractivity contribution is 5.85. The first kappa shape index (κ1) is 12.3. The summed E-state index contributed by atoms with van der Waals surface area (Å²) in [5, 5.41) is 0. The largest absolute Gasteiger partial charge is 0.497 e. The summed E-state index contributed by atoms with van der Waals surface area (Å²) < 4.78 is 5.17. The van der Waals surface area contributed by atoms with Crippen LogP contribution in [0.25, 0.3) is 0 Å². The third-order valence-electron chi connectivity index (χ3n) is 2.97. The van der Waals surface area contributed by atoms with Gasteiger partial charge in [-0.3, -0.25) is 0 Å². The lowest BCUT2D eigenvalue weighted by atomic mass is 9.98. The van der Waals surface area contributed by atoms with E-state index in [4.69, 9.17) is 10.5 Å². The molecular weight excluding hydrogens is 210 g/mol. The van der Waals surface area contributed by atoms with Gasteiger partial charge in [-0.25, -0.2) is 0 Å². The van der Waals surface area contributed by atoms with Gasteiger partial charge in [-0.15, -0.1) is 12.4 Å². The fourth-order valence-electron chi connectivity index (χ4n) is 1.86. The molecule has 1 aromatic rings. The maximum Gasteiger partial charge on any atom is 0.119 e. The zero-order chi connectivity index (χ0) is 10.1. The van der Waals surface area contributed by atoms with Gasteiger partial charge in [-0.05, 0) is 48.9 Å². The van der Waals surface area contributed by atoms with Gasteiger partial charge in [0.05, 0.1) is 7.11 Å². The number of aryl methyl sites for hydroxylation is 1. The summed E-state index contributed by atoms with van der Waals surface area (Å²) in [6.07, 6.45) is 2.57. The van der Waals surface area contributed by atoms with E-state index in [0.717, 1.165) is 5.75 Å². The molecule has 0 aliphatic heterocycles. The zero-order valence-electron chi connectivity index (χ0n) is 9.19. The molecule has 0 aromatic heterocycles. The summed E-state index contributed by atoms with van der Waals surface area (Å²) in [4.78, 5) is 0. The number of benzene rings is 1. The van der Waals surface area contributed by atoms with Gasteiger partial charge in [-0.1, -0.05) is 6.07 Å². The quantitative estimate of drug-likeness (QED) is 0.862. The monoisotopic (exact) mass is 227 g/mol. The van der Waals surface area contributed by atoms with Gasteiger partial charge >= 0.3 is 0 Å². The topological polar surface area (TPSA) is 35.2 Å². The Morgan fingerprint density at radius 1 is 1.40 bits per heavy atom. The standard InChI is InChI=1S/C12H17NO.ClH/c1-8-7-10(14-2)5-6-11(8)12(13)9-3-4-9;/h5-7,9,12H,3-4,13H2,1-2H3;1H/t12-;/m0./s1. The van der Waals surface area contributed by atoms with Crippen LogP contribution in [0.15, 0.2) is 18.2 Å². The van der Waals surface area contributed by atoms with Crippen LogP contribution in [0.2, 0.25) is 0 Å². The van der Waals surface area contributed by atoms with Gasteiger partial charge in [0.25, 0.3) is 0 Å². The van der Waals surface area contributed by atoms with Crippen LogP contribution in [0.1, 0.15) is 30.0 Å². The van der Waals surface area contributed by atoms with Gasteiger partial charge < -0.3 is 10.5 Å². The Hall–Kier alpha value is -0.730. The van der Waals surface area contributed by atoms with Gasteiger partial charge in [0, 0.05) is 6.04 Å². The van der Waals surface area contributed by atoms with Crippen LogP contribution < -0.4 is 10.5 Å². The number of rotatable bonds is 3. The van der Waals surface area contributed by atoms with E-state index in [1.54, 1.807) is 7.11 Å². The molecule has 1 fully saturated rings. The lowest BCUT2D eigenvalue weighted by Crippen LogP contribution is -2.13. The number of hydrogen-bond acceptors (Lipinski definition) is 2. The molecule has 1 saturated carbocycles. The minimum absolute atomic E-state index is 0. The van der Waals surface area contributed by atoms with Crippen molar-refractivity contribution in [2.24, 2.45) is 11.7 Å². The highest BCUT2D eigenvalue weighted by atomic mass is 35.5. The second kappa shape index (κ2) is 4.86. The molecule has 0 radical (unpaired) electrons. The lowest BCUT2D eigenvalue weighted by molar-refractivity contribution is 0.414. The van der Waals surface area contributed by atoms with Gasteiger partial charge in [0.2, 0.25) is 0 Å². The minimum atomic E-state index is 0. The molecule has 2 rings (SSSR count). The third-order valence-corrected chi connectivity index (χ3v) is 2.97. The zero-order valence-corrected chi connectivity index (χ0v) is 10.0. The molecule has 2 N–H and O–H groups in total. The Morgan fingerprint density at radius 3 is 2.53 bits per heavy atom. The van der Waals surface area contributed by atoms with Gasteiger partial charge in [-0.2, -0.15) is 0 Å². The molecule has 2 nitrogen and oxygen atoms in total. The summed E-state index contributed by atoms with van der Waals surface area (Å²) in [7, 11) is 1.69. The molecule has 1 aliphatic carbocycles. The van der Waals surface area contributed by atoms with Crippen LogP contribution in [-0.4, -0.2) is 7.11 Å². The Bertz CT molecular complexity index is 336. The highest BCUT2D eigenvalue weighted by Crippen LogP contribution is 2.40. The smallest absolute Gasteiger partial charge is 0.119 e. The first-order valence-electron chi connectivity index (χ1n) is 5.12. The van der Waals surface area contributed by atoms with Crippen LogP contribution in [0.4, 0.5) is 0 Å².